The molecule has 1 aromatic carbocycles. The van der Waals surface area contributed by atoms with Gasteiger partial charge in [0.2, 0.25) is 0 Å². The lowest BCUT2D eigenvalue weighted by Gasteiger charge is -2.36. The molecule has 1 rings (SSSR count). The molecule has 0 aliphatic rings. The van der Waals surface area contributed by atoms with E-state index in [0.29, 0.717) is 0 Å². The molecule has 1 N–H and O–H groups in total. The molecular formula is C28H58N2O4Si5. The van der Waals surface area contributed by atoms with Gasteiger partial charge in [0.05, 0.1) is 27.1 Å². The quantitative estimate of drug-likeness (QED) is 0.171. The van der Waals surface area contributed by atoms with Gasteiger partial charge in [0.25, 0.3) is 0 Å². The van der Waals surface area contributed by atoms with Crippen LogP contribution >= 0.6 is 0 Å². The second-order valence-electron chi connectivity index (χ2n) is 11.1. The van der Waals surface area contributed by atoms with Crippen LogP contribution in [0.3, 0.4) is 0 Å². The number of nitrogens with one attached hydrogen (secondary N) is 1. The van der Waals surface area contributed by atoms with Crippen LogP contribution in [0.4, 0.5) is 5.69 Å². The molecule has 0 saturated heterocycles. The van der Waals surface area contributed by atoms with E-state index >= 15 is 0 Å². The van der Waals surface area contributed by atoms with E-state index in [1.54, 1.807) is 35.8 Å². The highest BCUT2D eigenvalue weighted by Gasteiger charge is 2.40. The van der Waals surface area contributed by atoms with Gasteiger partial charge in [-0.25, -0.2) is 0 Å². The normalized spacial score (nSPS) is 13.5. The molecule has 0 aromatic heterocycles. The monoisotopic (exact) mass is 626 g/mol. The number of benzene rings is 1. The summed E-state index contributed by atoms with van der Waals surface area (Å²) in [7, 11) is 2.44. The molecule has 1 aromatic rings. The molecule has 0 spiro atoms. The largest absolute Gasteiger partial charge is 0.398 e. The first kappa shape index (κ1) is 36.9. The number of anilines is 1. The molecule has 0 bridgehead atoms. The maximum atomic E-state index is 6.08. The molecule has 0 aliphatic heterocycles. The molecule has 4 radical (unpaired) electrons. The van der Waals surface area contributed by atoms with E-state index in [4.69, 9.17) is 17.7 Å². The number of hydrogen-bond acceptors (Lipinski definition) is 6. The van der Waals surface area contributed by atoms with E-state index in [1.165, 1.54) is 11.6 Å². The fourth-order valence-electron chi connectivity index (χ4n) is 5.23. The molecule has 0 heterocycles. The van der Waals surface area contributed by atoms with Crippen molar-refractivity contribution < 1.29 is 17.7 Å². The third kappa shape index (κ3) is 10.00. The minimum absolute atomic E-state index is 0.282. The van der Waals surface area contributed by atoms with E-state index in [2.05, 4.69) is 76.3 Å². The van der Waals surface area contributed by atoms with Crippen LogP contribution in [0, 0.1) is 0 Å². The molecule has 0 amide bonds. The number of hydrogen-bond donors (Lipinski definition) is 1. The number of nitrogens with zero attached hydrogens (tertiary/aromatic N) is 1. The summed E-state index contributed by atoms with van der Waals surface area (Å²) in [6.45, 7) is 24.3. The first-order valence-corrected chi connectivity index (χ1v) is 25.9. The average molecular weight is 627 g/mol. The summed E-state index contributed by atoms with van der Waals surface area (Å²) in [6, 6.07) is 4.83. The van der Waals surface area contributed by atoms with Gasteiger partial charge in [-0.05, 0) is 74.9 Å². The second kappa shape index (κ2) is 17.8. The highest BCUT2D eigenvalue weighted by molar-refractivity contribution is 6.75. The van der Waals surface area contributed by atoms with Crippen molar-refractivity contribution in [1.29, 1.82) is 0 Å². The summed E-state index contributed by atoms with van der Waals surface area (Å²) < 4.78 is 23.4. The fourth-order valence-corrected chi connectivity index (χ4v) is 12.3. The predicted octanol–water partition coefficient (Wildman–Crippen LogP) is 4.43. The van der Waals surface area contributed by atoms with Gasteiger partial charge in [-0.2, -0.15) is 0 Å². The van der Waals surface area contributed by atoms with Gasteiger partial charge in [0.1, 0.15) is 0 Å². The molecular weight excluding hydrogens is 569 g/mol. The van der Waals surface area contributed by atoms with Gasteiger partial charge in [0.15, 0.2) is 0 Å². The van der Waals surface area contributed by atoms with Crippen LogP contribution < -0.4 is 20.6 Å². The molecule has 6 nitrogen and oxygen atoms in total. The van der Waals surface area contributed by atoms with Crippen LogP contribution in [0.15, 0.2) is 6.07 Å². The summed E-state index contributed by atoms with van der Waals surface area (Å²) in [5.74, 6) is 0. The number of rotatable bonds is 20. The average Bonchev–Trinajstić information content (AvgIpc) is 2.93. The van der Waals surface area contributed by atoms with Gasteiger partial charge in [-0.15, -0.1) is 0 Å². The molecule has 0 aliphatic carbocycles. The first-order chi connectivity index (χ1) is 18.4. The summed E-state index contributed by atoms with van der Waals surface area (Å²) >= 11 is 0. The van der Waals surface area contributed by atoms with Crippen LogP contribution in [-0.2, 0) is 24.1 Å². The van der Waals surface area contributed by atoms with Crippen molar-refractivity contribution in [1.82, 2.24) is 5.32 Å². The Hall–Kier alpha value is -0.0956. The molecule has 11 heteroatoms. The van der Waals surface area contributed by atoms with Crippen molar-refractivity contribution in [2.24, 2.45) is 0 Å². The summed E-state index contributed by atoms with van der Waals surface area (Å²) in [4.78, 5) is 2.63. The van der Waals surface area contributed by atoms with Crippen LogP contribution in [0.1, 0.15) is 43.9 Å². The zero-order valence-corrected chi connectivity index (χ0v) is 32.4. The van der Waals surface area contributed by atoms with E-state index in [9.17, 15) is 0 Å². The Bertz CT molecular complexity index is 848. The zero-order chi connectivity index (χ0) is 29.8. The fraction of sp³-hybridized carbons (Fsp3) is 0.786. The Balaban J connectivity index is 3.31. The highest BCUT2D eigenvalue weighted by Crippen LogP contribution is 2.31. The summed E-state index contributed by atoms with van der Waals surface area (Å²) in [6.07, 6.45) is 3.34. The van der Waals surface area contributed by atoms with Gasteiger partial charge < -0.3 is 27.9 Å². The molecule has 224 valence electrons. The van der Waals surface area contributed by atoms with Gasteiger partial charge in [-0.3, -0.25) is 0 Å². The van der Waals surface area contributed by atoms with Crippen molar-refractivity contribution in [2.75, 3.05) is 59.1 Å². The SMILES string of the molecule is CCN(CC)c1c([Si](C)C)cc(C(C)[Si](C)(OC)OC)c([Si](C)C)c1CC[Si]CNCCC[Si](C)(OC)OC. The van der Waals surface area contributed by atoms with E-state index in [0.717, 1.165) is 54.2 Å². The Kier molecular flexibility index (Phi) is 16.8. The van der Waals surface area contributed by atoms with Crippen LogP contribution in [0.5, 0.6) is 0 Å². The second-order valence-corrected chi connectivity index (χ2v) is 24.8. The lowest BCUT2D eigenvalue weighted by molar-refractivity contribution is 0.240. The molecule has 1 atom stereocenters. The smallest absolute Gasteiger partial charge is 0.341 e. The predicted molar refractivity (Wildman–Crippen MR) is 180 cm³/mol. The Morgan fingerprint density at radius 3 is 2.00 bits per heavy atom. The standard InChI is InChI=1S/C28H58N2O4Si5/c1-14-30(15-2)27-24(17-19-35-22-29-18-16-20-38(12,31-4)32-5)28(37(10)11)25(21-26(27)36(8)9)23(3)39(13,33-6)34-7/h21,23,29H,14-20,22H2,1-13H3. The summed E-state index contributed by atoms with van der Waals surface area (Å²) in [5.41, 5.74) is 4.96. The van der Waals surface area contributed by atoms with Crippen LogP contribution in [-0.4, -0.2) is 98.5 Å². The van der Waals surface area contributed by atoms with E-state index in [-0.39, 0.29) is 5.54 Å². The third-order valence-electron chi connectivity index (χ3n) is 8.26. The maximum Gasteiger partial charge on any atom is 0.341 e. The lowest BCUT2D eigenvalue weighted by Crippen LogP contribution is -2.48. The Labute approximate surface area is 249 Å². The van der Waals surface area contributed by atoms with E-state index in [1.807, 2.05) is 14.2 Å². The minimum Gasteiger partial charge on any atom is -0.398 e. The van der Waals surface area contributed by atoms with Crippen LogP contribution in [0.2, 0.25) is 51.4 Å². The lowest BCUT2D eigenvalue weighted by atomic mass is 10.0. The Morgan fingerprint density at radius 2 is 1.54 bits per heavy atom. The summed E-state index contributed by atoms with van der Waals surface area (Å²) in [5, 5.41) is 6.90. The first-order valence-electron chi connectivity index (χ1n) is 14.6. The molecule has 39 heavy (non-hydrogen) atoms. The van der Waals surface area contributed by atoms with Crippen molar-refractivity contribution in [3.05, 3.63) is 17.2 Å². The van der Waals surface area contributed by atoms with Gasteiger partial charge in [0, 0.05) is 52.8 Å². The van der Waals surface area contributed by atoms with E-state index < -0.39 is 34.7 Å². The molecule has 0 saturated carbocycles. The highest BCUT2D eigenvalue weighted by atomic mass is 28.4. The van der Waals surface area contributed by atoms with Crippen molar-refractivity contribution in [2.45, 2.75) is 90.5 Å². The molecule has 0 fully saturated rings. The minimum atomic E-state index is -2.35. The Morgan fingerprint density at radius 1 is 0.949 bits per heavy atom. The van der Waals surface area contributed by atoms with Crippen molar-refractivity contribution in [3.63, 3.8) is 0 Å². The van der Waals surface area contributed by atoms with Gasteiger partial charge in [-0.1, -0.05) is 50.4 Å². The topological polar surface area (TPSA) is 52.2 Å². The van der Waals surface area contributed by atoms with Gasteiger partial charge >= 0.3 is 17.1 Å². The van der Waals surface area contributed by atoms with Crippen molar-refractivity contribution >= 4 is 60.3 Å². The third-order valence-corrected chi connectivity index (χ3v) is 18.9. The van der Waals surface area contributed by atoms with Crippen LogP contribution in [0.25, 0.3) is 0 Å². The van der Waals surface area contributed by atoms with Crippen molar-refractivity contribution in [3.8, 4) is 0 Å². The maximum absolute atomic E-state index is 6.08. The molecule has 1 unspecified atom stereocenters. The zero-order valence-electron chi connectivity index (χ0n) is 27.4.